The van der Waals surface area contributed by atoms with Crippen molar-refractivity contribution in [3.8, 4) is 0 Å². The minimum atomic E-state index is 1.12. The summed E-state index contributed by atoms with van der Waals surface area (Å²) in [4.78, 5) is 3.27. The lowest BCUT2D eigenvalue weighted by Crippen LogP contribution is -2.37. The van der Waals surface area contributed by atoms with E-state index in [1.807, 2.05) is 18.0 Å². The Morgan fingerprint density at radius 3 is 3.08 bits per heavy atom. The van der Waals surface area contributed by atoms with E-state index in [4.69, 9.17) is 0 Å². The average Bonchev–Trinajstić information content (AvgIpc) is 2.50. The lowest BCUT2D eigenvalue weighted by molar-refractivity contribution is -0.698. The molecule has 0 aliphatic carbocycles. The fourth-order valence-corrected chi connectivity index (χ4v) is 1.63. The number of aromatic nitrogens is 2. The van der Waals surface area contributed by atoms with E-state index in [1.54, 1.807) is 0 Å². The number of rotatable bonds is 5. The second-order valence-corrected chi connectivity index (χ2v) is 3.83. The van der Waals surface area contributed by atoms with Crippen molar-refractivity contribution in [1.29, 1.82) is 0 Å². The molecule has 0 aliphatic rings. The van der Waals surface area contributed by atoms with E-state index in [0.29, 0.717) is 0 Å². The van der Waals surface area contributed by atoms with Gasteiger partial charge in [-0.1, -0.05) is 6.92 Å². The lowest BCUT2D eigenvalue weighted by Gasteiger charge is -1.97. The van der Waals surface area contributed by atoms with E-state index in [0.717, 1.165) is 13.0 Å². The quantitative estimate of drug-likeness (QED) is 0.691. The molecule has 2 nitrogen and oxygen atoms in total. The van der Waals surface area contributed by atoms with Gasteiger partial charge in [0.2, 0.25) is 0 Å². The second-order valence-electron chi connectivity index (χ2n) is 2.84. The Morgan fingerprint density at radius 2 is 2.42 bits per heavy atom. The van der Waals surface area contributed by atoms with Crippen LogP contribution in [0.5, 0.6) is 0 Å². The van der Waals surface area contributed by atoms with Gasteiger partial charge in [0.15, 0.2) is 0 Å². The number of imidazole rings is 1. The Morgan fingerprint density at radius 1 is 1.58 bits per heavy atom. The number of H-pyrrole nitrogens is 1. The van der Waals surface area contributed by atoms with Crippen LogP contribution in [-0.4, -0.2) is 17.0 Å². The van der Waals surface area contributed by atoms with Crippen LogP contribution >= 0.6 is 11.8 Å². The molecule has 0 spiro atoms. The number of thioether (sulfide) groups is 1. The van der Waals surface area contributed by atoms with Crippen molar-refractivity contribution >= 4 is 11.8 Å². The van der Waals surface area contributed by atoms with Crippen molar-refractivity contribution in [2.24, 2.45) is 0 Å². The van der Waals surface area contributed by atoms with Crippen molar-refractivity contribution in [3.05, 3.63) is 18.2 Å². The first kappa shape index (κ1) is 9.65. The SMILES string of the molecule is CCCc1[nH]cc[n+]1CCSC. The van der Waals surface area contributed by atoms with Gasteiger partial charge in [0.05, 0.1) is 6.54 Å². The summed E-state index contributed by atoms with van der Waals surface area (Å²) in [5, 5.41) is 0. The molecule has 1 aromatic heterocycles. The van der Waals surface area contributed by atoms with Crippen LogP contribution < -0.4 is 4.57 Å². The molecule has 3 heteroatoms. The molecule has 0 atom stereocenters. The van der Waals surface area contributed by atoms with Gasteiger partial charge in [-0.05, 0) is 12.7 Å². The van der Waals surface area contributed by atoms with Crippen LogP contribution in [-0.2, 0) is 13.0 Å². The van der Waals surface area contributed by atoms with Gasteiger partial charge in [0, 0.05) is 12.2 Å². The highest BCUT2D eigenvalue weighted by molar-refractivity contribution is 7.98. The van der Waals surface area contributed by atoms with Gasteiger partial charge in [-0.15, -0.1) is 0 Å². The first-order valence-corrected chi connectivity index (χ1v) is 5.82. The van der Waals surface area contributed by atoms with E-state index in [-0.39, 0.29) is 0 Å². The molecule has 0 amide bonds. The minimum absolute atomic E-state index is 1.12. The third-order valence-corrected chi connectivity index (χ3v) is 2.47. The first-order chi connectivity index (χ1) is 5.88. The molecule has 0 fully saturated rings. The van der Waals surface area contributed by atoms with Crippen LogP contribution in [0.3, 0.4) is 0 Å². The molecular weight excluding hydrogens is 168 g/mol. The Hall–Kier alpha value is -0.440. The smallest absolute Gasteiger partial charge is 0.248 e. The average molecular weight is 185 g/mol. The minimum Gasteiger partial charge on any atom is -0.248 e. The topological polar surface area (TPSA) is 19.7 Å². The van der Waals surface area contributed by atoms with Crippen molar-refractivity contribution in [2.45, 2.75) is 26.3 Å². The lowest BCUT2D eigenvalue weighted by atomic mass is 10.3. The predicted octanol–water partition coefficient (Wildman–Crippen LogP) is 1.62. The van der Waals surface area contributed by atoms with Gasteiger partial charge in [-0.3, -0.25) is 0 Å². The molecule has 1 heterocycles. The molecule has 1 aromatic rings. The van der Waals surface area contributed by atoms with E-state index in [2.05, 4.69) is 28.9 Å². The summed E-state index contributed by atoms with van der Waals surface area (Å²) in [6.07, 6.45) is 8.65. The molecule has 1 rings (SSSR count). The predicted molar refractivity (Wildman–Crippen MR) is 53.4 cm³/mol. The van der Waals surface area contributed by atoms with Crippen molar-refractivity contribution < 1.29 is 4.57 Å². The molecule has 0 saturated heterocycles. The zero-order valence-corrected chi connectivity index (χ0v) is 8.66. The molecule has 1 N–H and O–H groups in total. The Labute approximate surface area is 78.4 Å². The van der Waals surface area contributed by atoms with Crippen molar-refractivity contribution in [2.75, 3.05) is 12.0 Å². The standard InChI is InChI=1S/C9H16N2S/c1-3-4-9-10-5-6-11(9)7-8-12-2/h5-6H,3-4,7-8H2,1-2H3/p+1. The van der Waals surface area contributed by atoms with Crippen molar-refractivity contribution in [1.82, 2.24) is 4.98 Å². The maximum atomic E-state index is 3.27. The monoisotopic (exact) mass is 185 g/mol. The van der Waals surface area contributed by atoms with Gasteiger partial charge in [0.25, 0.3) is 5.82 Å². The van der Waals surface area contributed by atoms with Crippen LogP contribution in [0.1, 0.15) is 19.2 Å². The number of hydrogen-bond acceptors (Lipinski definition) is 1. The molecule has 0 radical (unpaired) electrons. The molecule has 0 saturated carbocycles. The normalized spacial score (nSPS) is 10.5. The van der Waals surface area contributed by atoms with Gasteiger partial charge in [-0.2, -0.15) is 11.8 Å². The maximum Gasteiger partial charge on any atom is 0.254 e. The highest BCUT2D eigenvalue weighted by Gasteiger charge is 2.07. The fourth-order valence-electron chi connectivity index (χ4n) is 1.25. The van der Waals surface area contributed by atoms with E-state index < -0.39 is 0 Å². The van der Waals surface area contributed by atoms with Gasteiger partial charge >= 0.3 is 0 Å². The maximum absolute atomic E-state index is 3.27. The molecule has 0 bridgehead atoms. The Bertz CT molecular complexity index is 220. The number of hydrogen-bond donors (Lipinski definition) is 1. The summed E-state index contributed by atoms with van der Waals surface area (Å²) in [6, 6.07) is 0. The summed E-state index contributed by atoms with van der Waals surface area (Å²) in [7, 11) is 0. The van der Waals surface area contributed by atoms with Crippen LogP contribution in [0.2, 0.25) is 0 Å². The van der Waals surface area contributed by atoms with Gasteiger partial charge < -0.3 is 0 Å². The second kappa shape index (κ2) is 5.25. The van der Waals surface area contributed by atoms with Crippen LogP contribution in [0.25, 0.3) is 0 Å². The molecule has 68 valence electrons. The summed E-state index contributed by atoms with van der Waals surface area (Å²) in [6.45, 7) is 3.33. The van der Waals surface area contributed by atoms with Crippen LogP contribution in [0.4, 0.5) is 0 Å². The zero-order chi connectivity index (χ0) is 8.81. The van der Waals surface area contributed by atoms with Crippen molar-refractivity contribution in [3.63, 3.8) is 0 Å². The van der Waals surface area contributed by atoms with Crippen LogP contribution in [0, 0.1) is 0 Å². The zero-order valence-electron chi connectivity index (χ0n) is 7.84. The largest absolute Gasteiger partial charge is 0.254 e. The van der Waals surface area contributed by atoms with Crippen LogP contribution in [0.15, 0.2) is 12.4 Å². The highest BCUT2D eigenvalue weighted by atomic mass is 32.2. The summed E-state index contributed by atoms with van der Waals surface area (Å²) in [5.41, 5.74) is 0. The van der Waals surface area contributed by atoms with E-state index in [1.165, 1.54) is 18.0 Å². The van der Waals surface area contributed by atoms with Gasteiger partial charge in [0.1, 0.15) is 12.4 Å². The number of aryl methyl sites for hydroxylation is 2. The first-order valence-electron chi connectivity index (χ1n) is 4.43. The summed E-state index contributed by atoms with van der Waals surface area (Å²) in [5.74, 6) is 2.55. The number of aromatic amines is 1. The number of nitrogens with zero attached hydrogens (tertiary/aromatic N) is 1. The molecule has 0 aromatic carbocycles. The fraction of sp³-hybridized carbons (Fsp3) is 0.667. The summed E-state index contributed by atoms with van der Waals surface area (Å²) >= 11 is 1.89. The highest BCUT2D eigenvalue weighted by Crippen LogP contribution is 1.94. The van der Waals surface area contributed by atoms with E-state index in [9.17, 15) is 0 Å². The number of nitrogens with one attached hydrogen (secondary N) is 1. The third kappa shape index (κ3) is 2.55. The van der Waals surface area contributed by atoms with Gasteiger partial charge in [-0.25, -0.2) is 9.55 Å². The third-order valence-electron chi connectivity index (χ3n) is 1.87. The summed E-state index contributed by atoms with van der Waals surface area (Å²) < 4.78 is 2.31. The molecule has 0 aliphatic heterocycles. The Kier molecular flexibility index (Phi) is 4.22. The molecular formula is C9H17N2S+. The molecule has 0 unspecified atom stereocenters. The molecule has 12 heavy (non-hydrogen) atoms. The Balaban J connectivity index is 2.51. The van der Waals surface area contributed by atoms with E-state index >= 15 is 0 Å².